The molecule has 0 aliphatic rings. The van der Waals surface area contributed by atoms with Gasteiger partial charge in [-0.3, -0.25) is 4.79 Å². The molecule has 0 radical (unpaired) electrons. The average Bonchev–Trinajstić information content (AvgIpc) is 3.13. The number of carbonyl (C=O) groups is 1. The largest absolute Gasteiger partial charge is 0.460 e. The van der Waals surface area contributed by atoms with Crippen LogP contribution in [0.15, 0.2) is 46.9 Å². The molecule has 3 aromatic rings. The fourth-order valence-corrected chi connectivity index (χ4v) is 3.13. The Kier molecular flexibility index (Phi) is 5.59. The quantitative estimate of drug-likeness (QED) is 0.594. The minimum atomic E-state index is -0.0310. The molecule has 0 atom stereocenters. The number of aromatic nitrogens is 1. The van der Waals surface area contributed by atoms with Crippen molar-refractivity contribution in [1.29, 1.82) is 0 Å². The Morgan fingerprint density at radius 2 is 1.92 bits per heavy atom. The molecule has 4 heteroatoms. The molecule has 3 rings (SSSR count). The summed E-state index contributed by atoms with van der Waals surface area (Å²) in [6.07, 6.45) is 4.59. The molecule has 25 heavy (non-hydrogen) atoms. The van der Waals surface area contributed by atoms with Crippen LogP contribution in [0.5, 0.6) is 0 Å². The van der Waals surface area contributed by atoms with Crippen LogP contribution < -0.4 is 5.32 Å². The lowest BCUT2D eigenvalue weighted by Crippen LogP contribution is -2.27. The van der Waals surface area contributed by atoms with E-state index >= 15 is 0 Å². The van der Waals surface area contributed by atoms with Gasteiger partial charge in [0, 0.05) is 25.2 Å². The van der Waals surface area contributed by atoms with Gasteiger partial charge in [0.15, 0.2) is 5.58 Å². The molecule has 1 amide bonds. The summed E-state index contributed by atoms with van der Waals surface area (Å²) < 4.78 is 7.78. The Bertz CT molecular complexity index is 830. The maximum atomic E-state index is 12.7. The van der Waals surface area contributed by atoms with Gasteiger partial charge < -0.3 is 14.3 Å². The topological polar surface area (TPSA) is 47.2 Å². The number of fused-ring (bicyclic) bond motifs is 1. The first-order valence-corrected chi connectivity index (χ1v) is 9.11. The number of hydrogen-bond acceptors (Lipinski definition) is 2. The molecule has 4 nitrogen and oxygen atoms in total. The van der Waals surface area contributed by atoms with E-state index in [9.17, 15) is 4.79 Å². The van der Waals surface area contributed by atoms with Crippen molar-refractivity contribution in [1.82, 2.24) is 9.88 Å². The van der Waals surface area contributed by atoms with Gasteiger partial charge in [-0.2, -0.15) is 0 Å². The second kappa shape index (κ2) is 8.06. The van der Waals surface area contributed by atoms with E-state index in [1.165, 1.54) is 12.8 Å². The third-order valence-electron chi connectivity index (χ3n) is 4.44. The van der Waals surface area contributed by atoms with Crippen LogP contribution in [0.3, 0.4) is 0 Å². The highest BCUT2D eigenvalue weighted by molar-refractivity contribution is 5.97. The fourth-order valence-electron chi connectivity index (χ4n) is 3.13. The number of hydrogen-bond donors (Lipinski definition) is 1. The maximum absolute atomic E-state index is 12.7. The predicted octanol–water partition coefficient (Wildman–Crippen LogP) is 4.90. The van der Waals surface area contributed by atoms with Crippen molar-refractivity contribution in [2.45, 2.75) is 46.1 Å². The van der Waals surface area contributed by atoms with E-state index < -0.39 is 0 Å². The molecule has 2 heterocycles. The summed E-state index contributed by atoms with van der Waals surface area (Å²) in [5.41, 5.74) is 3.56. The smallest absolute Gasteiger partial charge is 0.268 e. The summed E-state index contributed by atoms with van der Waals surface area (Å²) in [6, 6.07) is 14.0. The number of amides is 1. The third kappa shape index (κ3) is 4.13. The van der Waals surface area contributed by atoms with Crippen molar-refractivity contribution in [2.24, 2.45) is 0 Å². The zero-order valence-corrected chi connectivity index (χ0v) is 15.0. The monoisotopic (exact) mass is 338 g/mol. The molecule has 0 spiro atoms. The molecule has 0 fully saturated rings. The van der Waals surface area contributed by atoms with E-state index in [2.05, 4.69) is 24.4 Å². The van der Waals surface area contributed by atoms with Crippen molar-refractivity contribution in [3.63, 3.8) is 0 Å². The van der Waals surface area contributed by atoms with E-state index in [0.717, 1.165) is 41.8 Å². The van der Waals surface area contributed by atoms with E-state index in [-0.39, 0.29) is 5.91 Å². The fraction of sp³-hybridized carbons (Fsp3) is 0.381. The Morgan fingerprint density at radius 3 is 2.68 bits per heavy atom. The number of carbonyl (C=O) groups excluding carboxylic acids is 1. The number of nitrogens with zero attached hydrogens (tertiary/aromatic N) is 1. The van der Waals surface area contributed by atoms with Gasteiger partial charge in [0.2, 0.25) is 0 Å². The average molecular weight is 338 g/mol. The number of benzene rings is 1. The lowest BCUT2D eigenvalue weighted by atomic mass is 10.2. The van der Waals surface area contributed by atoms with E-state index in [0.29, 0.717) is 12.2 Å². The number of rotatable bonds is 8. The van der Waals surface area contributed by atoms with Crippen LogP contribution in [0, 0.1) is 6.92 Å². The van der Waals surface area contributed by atoms with Gasteiger partial charge in [-0.25, -0.2) is 0 Å². The van der Waals surface area contributed by atoms with Crippen LogP contribution in [0.25, 0.3) is 11.1 Å². The lowest BCUT2D eigenvalue weighted by molar-refractivity contribution is 0.0944. The Hall–Kier alpha value is -2.49. The predicted molar refractivity (Wildman–Crippen MR) is 101 cm³/mol. The number of nitrogens with one attached hydrogen (secondary N) is 1. The van der Waals surface area contributed by atoms with E-state index in [4.69, 9.17) is 4.42 Å². The third-order valence-corrected chi connectivity index (χ3v) is 4.44. The summed E-state index contributed by atoms with van der Waals surface area (Å²) in [4.78, 5) is 12.7. The number of unbranched alkanes of at least 4 members (excludes halogenated alkanes) is 3. The van der Waals surface area contributed by atoms with Crippen LogP contribution in [-0.4, -0.2) is 17.0 Å². The van der Waals surface area contributed by atoms with Crippen LogP contribution in [0.4, 0.5) is 0 Å². The Morgan fingerprint density at radius 1 is 1.12 bits per heavy atom. The molecular weight excluding hydrogens is 312 g/mol. The van der Waals surface area contributed by atoms with Gasteiger partial charge in [0.1, 0.15) is 11.5 Å². The van der Waals surface area contributed by atoms with Crippen molar-refractivity contribution < 1.29 is 9.21 Å². The van der Waals surface area contributed by atoms with Gasteiger partial charge in [-0.05, 0) is 18.9 Å². The van der Waals surface area contributed by atoms with Gasteiger partial charge >= 0.3 is 0 Å². The zero-order chi connectivity index (χ0) is 17.6. The van der Waals surface area contributed by atoms with Crippen molar-refractivity contribution in [3.8, 4) is 0 Å². The first-order valence-electron chi connectivity index (χ1n) is 9.11. The summed E-state index contributed by atoms with van der Waals surface area (Å²) in [5, 5.41) is 3.05. The first-order chi connectivity index (χ1) is 12.2. The van der Waals surface area contributed by atoms with Crippen LogP contribution >= 0.6 is 0 Å². The molecule has 1 N–H and O–H groups in total. The minimum absolute atomic E-state index is 0.0310. The van der Waals surface area contributed by atoms with E-state index in [1.54, 1.807) is 0 Å². The summed E-state index contributed by atoms with van der Waals surface area (Å²) >= 11 is 0. The number of furan rings is 1. The van der Waals surface area contributed by atoms with Gasteiger partial charge in [0.25, 0.3) is 5.91 Å². The normalized spacial score (nSPS) is 11.1. The second-order valence-electron chi connectivity index (χ2n) is 6.52. The zero-order valence-electron chi connectivity index (χ0n) is 15.0. The molecular formula is C21H26N2O2. The van der Waals surface area contributed by atoms with E-state index in [1.807, 2.05) is 41.8 Å². The number of aryl methyl sites for hydroxylation is 1. The minimum Gasteiger partial charge on any atom is -0.460 e. The summed E-state index contributed by atoms with van der Waals surface area (Å²) in [5.74, 6) is 0.829. The molecule has 0 saturated carbocycles. The summed E-state index contributed by atoms with van der Waals surface area (Å²) in [6.45, 7) is 5.49. The summed E-state index contributed by atoms with van der Waals surface area (Å²) in [7, 11) is 0. The highest BCUT2D eigenvalue weighted by Gasteiger charge is 2.18. The SMILES string of the molecule is CCCCCCNC(=O)c1cc2oc(C)cc2n1Cc1ccccc1. The highest BCUT2D eigenvalue weighted by Crippen LogP contribution is 2.25. The van der Waals surface area contributed by atoms with Gasteiger partial charge in [-0.1, -0.05) is 56.5 Å². The van der Waals surface area contributed by atoms with Crippen molar-refractivity contribution >= 4 is 17.0 Å². The molecule has 0 saturated heterocycles. The van der Waals surface area contributed by atoms with Gasteiger partial charge in [-0.15, -0.1) is 0 Å². The highest BCUT2D eigenvalue weighted by atomic mass is 16.3. The molecule has 0 aliphatic carbocycles. The second-order valence-corrected chi connectivity index (χ2v) is 6.52. The molecule has 0 aliphatic heterocycles. The maximum Gasteiger partial charge on any atom is 0.268 e. The lowest BCUT2D eigenvalue weighted by Gasteiger charge is -2.11. The molecule has 0 unspecified atom stereocenters. The van der Waals surface area contributed by atoms with Crippen molar-refractivity contribution in [2.75, 3.05) is 6.54 Å². The van der Waals surface area contributed by atoms with Crippen LogP contribution in [-0.2, 0) is 6.54 Å². The van der Waals surface area contributed by atoms with Crippen LogP contribution in [0.2, 0.25) is 0 Å². The van der Waals surface area contributed by atoms with Crippen molar-refractivity contribution in [3.05, 3.63) is 59.5 Å². The first kappa shape index (κ1) is 17.3. The molecule has 2 aromatic heterocycles. The van der Waals surface area contributed by atoms with Crippen LogP contribution in [0.1, 0.15) is 54.4 Å². The molecule has 132 valence electrons. The Balaban J connectivity index is 1.80. The standard InChI is InChI=1S/C21H26N2O2/c1-3-4-5-9-12-22-21(24)19-14-20-18(13-16(2)25-20)23(19)15-17-10-7-6-8-11-17/h6-8,10-11,13-14H,3-5,9,12,15H2,1-2H3,(H,22,24). The molecule has 0 bridgehead atoms. The Labute approximate surface area is 148 Å². The van der Waals surface area contributed by atoms with Gasteiger partial charge in [0.05, 0.1) is 5.52 Å². The molecule has 1 aromatic carbocycles.